The van der Waals surface area contributed by atoms with Crippen molar-refractivity contribution in [2.45, 2.75) is 0 Å². The van der Waals surface area contributed by atoms with Gasteiger partial charge in [-0.05, 0) is 5.56 Å². The minimum absolute atomic E-state index is 0.311. The molecule has 0 N–H and O–H groups in total. The zero-order chi connectivity index (χ0) is 15.6. The molecule has 4 rings (SSSR count). The summed E-state index contributed by atoms with van der Waals surface area (Å²) in [6, 6.07) is 27.3. The molecule has 2 nitrogen and oxygen atoms in total. The quantitative estimate of drug-likeness (QED) is 0.513. The van der Waals surface area contributed by atoms with Crippen molar-refractivity contribution in [2.24, 2.45) is 0 Å². The van der Waals surface area contributed by atoms with Gasteiger partial charge in [0.1, 0.15) is 5.76 Å². The Bertz CT molecular complexity index is 1020. The Kier molecular flexibility index (Phi) is 3.28. The topological polar surface area (TPSA) is 30.2 Å². The van der Waals surface area contributed by atoms with Crippen LogP contribution in [0.25, 0.3) is 33.2 Å². The van der Waals surface area contributed by atoms with Gasteiger partial charge >= 0.3 is 5.63 Å². The highest BCUT2D eigenvalue weighted by atomic mass is 16.4. The third-order valence-corrected chi connectivity index (χ3v) is 3.94. The van der Waals surface area contributed by atoms with Crippen molar-refractivity contribution in [2.75, 3.05) is 0 Å². The number of fused-ring (bicyclic) bond motifs is 1. The zero-order valence-corrected chi connectivity index (χ0v) is 12.4. The van der Waals surface area contributed by atoms with Gasteiger partial charge in [-0.15, -0.1) is 0 Å². The molecule has 0 amide bonds. The maximum Gasteiger partial charge on any atom is 0.344 e. The molecule has 0 atom stereocenters. The lowest BCUT2D eigenvalue weighted by Crippen LogP contribution is -2.05. The fourth-order valence-corrected chi connectivity index (χ4v) is 2.89. The molecule has 1 aromatic heterocycles. The van der Waals surface area contributed by atoms with Crippen molar-refractivity contribution in [3.63, 3.8) is 0 Å². The summed E-state index contributed by atoms with van der Waals surface area (Å²) >= 11 is 0. The molecule has 0 unspecified atom stereocenters. The van der Waals surface area contributed by atoms with Crippen LogP contribution in [0.2, 0.25) is 0 Å². The van der Waals surface area contributed by atoms with E-state index in [1.165, 1.54) is 0 Å². The zero-order valence-electron chi connectivity index (χ0n) is 12.4. The SMILES string of the molecule is O=c1oc(-c2ccccc2)c2ccccc2c1-c1ccccc1. The molecule has 0 radical (unpaired) electrons. The highest BCUT2D eigenvalue weighted by Crippen LogP contribution is 2.32. The monoisotopic (exact) mass is 298 g/mol. The van der Waals surface area contributed by atoms with E-state index in [0.717, 1.165) is 21.9 Å². The van der Waals surface area contributed by atoms with E-state index in [4.69, 9.17) is 4.42 Å². The molecular weight excluding hydrogens is 284 g/mol. The van der Waals surface area contributed by atoms with E-state index in [2.05, 4.69) is 0 Å². The fourth-order valence-electron chi connectivity index (χ4n) is 2.89. The van der Waals surface area contributed by atoms with Crippen molar-refractivity contribution in [1.29, 1.82) is 0 Å². The second-order valence-electron chi connectivity index (χ2n) is 5.37. The minimum atomic E-state index is -0.311. The Morgan fingerprint density at radius 1 is 0.565 bits per heavy atom. The molecule has 0 saturated carbocycles. The summed E-state index contributed by atoms with van der Waals surface area (Å²) in [5.41, 5.74) is 2.08. The first-order valence-corrected chi connectivity index (χ1v) is 7.51. The summed E-state index contributed by atoms with van der Waals surface area (Å²) < 4.78 is 5.71. The van der Waals surface area contributed by atoms with Gasteiger partial charge in [0.2, 0.25) is 0 Å². The van der Waals surface area contributed by atoms with E-state index < -0.39 is 0 Å². The highest BCUT2D eigenvalue weighted by molar-refractivity contribution is 6.02. The fraction of sp³-hybridized carbons (Fsp3) is 0. The van der Waals surface area contributed by atoms with Gasteiger partial charge in [-0.25, -0.2) is 4.79 Å². The molecule has 0 saturated heterocycles. The molecule has 110 valence electrons. The number of benzene rings is 3. The second kappa shape index (κ2) is 5.58. The summed E-state index contributed by atoms with van der Waals surface area (Å²) in [5.74, 6) is 0.617. The van der Waals surface area contributed by atoms with Gasteiger partial charge in [0.15, 0.2) is 0 Å². The third kappa shape index (κ3) is 2.34. The van der Waals surface area contributed by atoms with Gasteiger partial charge in [0, 0.05) is 16.3 Å². The molecule has 2 heteroatoms. The van der Waals surface area contributed by atoms with Crippen LogP contribution in [-0.4, -0.2) is 0 Å². The van der Waals surface area contributed by atoms with E-state index in [9.17, 15) is 4.79 Å². The van der Waals surface area contributed by atoms with Gasteiger partial charge in [0.05, 0.1) is 5.56 Å². The minimum Gasteiger partial charge on any atom is -0.422 e. The number of rotatable bonds is 2. The van der Waals surface area contributed by atoms with Crippen LogP contribution in [0, 0.1) is 0 Å². The van der Waals surface area contributed by atoms with Crippen LogP contribution >= 0.6 is 0 Å². The van der Waals surface area contributed by atoms with Crippen LogP contribution in [0.15, 0.2) is 94.1 Å². The Labute approximate surface area is 133 Å². The molecule has 0 aliphatic heterocycles. The standard InChI is InChI=1S/C21H14O2/c22-21-19(15-9-3-1-4-10-15)17-13-7-8-14-18(17)20(23-21)16-11-5-2-6-12-16/h1-14H. The Morgan fingerprint density at radius 3 is 1.74 bits per heavy atom. The average Bonchev–Trinajstić information content (AvgIpc) is 2.62. The molecule has 0 aliphatic rings. The normalized spacial score (nSPS) is 10.8. The molecule has 0 fully saturated rings. The van der Waals surface area contributed by atoms with Crippen LogP contribution in [-0.2, 0) is 0 Å². The number of hydrogen-bond donors (Lipinski definition) is 0. The van der Waals surface area contributed by atoms with Gasteiger partial charge < -0.3 is 4.42 Å². The van der Waals surface area contributed by atoms with Crippen molar-refractivity contribution in [1.82, 2.24) is 0 Å². The third-order valence-electron chi connectivity index (χ3n) is 3.94. The van der Waals surface area contributed by atoms with E-state index in [1.807, 2.05) is 84.9 Å². The van der Waals surface area contributed by atoms with Crippen LogP contribution in [0.1, 0.15) is 0 Å². The lowest BCUT2D eigenvalue weighted by atomic mass is 9.98. The summed E-state index contributed by atoms with van der Waals surface area (Å²) in [7, 11) is 0. The van der Waals surface area contributed by atoms with E-state index in [0.29, 0.717) is 11.3 Å². The predicted molar refractivity (Wildman–Crippen MR) is 93.4 cm³/mol. The van der Waals surface area contributed by atoms with E-state index in [-0.39, 0.29) is 5.63 Å². The molecule has 0 bridgehead atoms. The molecule has 0 spiro atoms. The summed E-state index contributed by atoms with van der Waals surface area (Å²) in [5, 5.41) is 1.85. The van der Waals surface area contributed by atoms with Gasteiger partial charge in [-0.3, -0.25) is 0 Å². The van der Waals surface area contributed by atoms with Crippen molar-refractivity contribution >= 4 is 10.8 Å². The molecule has 0 aliphatic carbocycles. The van der Waals surface area contributed by atoms with Crippen LogP contribution in [0.5, 0.6) is 0 Å². The van der Waals surface area contributed by atoms with Crippen LogP contribution < -0.4 is 5.63 Å². The first kappa shape index (κ1) is 13.5. The summed E-state index contributed by atoms with van der Waals surface area (Å²) in [6.07, 6.45) is 0. The molecule has 3 aromatic carbocycles. The molecule has 1 heterocycles. The molecular formula is C21H14O2. The van der Waals surface area contributed by atoms with Crippen molar-refractivity contribution < 1.29 is 4.42 Å². The predicted octanol–water partition coefficient (Wildman–Crippen LogP) is 5.13. The Balaban J connectivity index is 2.10. The Hall–Kier alpha value is -3.13. The van der Waals surface area contributed by atoms with Crippen molar-refractivity contribution in [3.05, 3.63) is 95.3 Å². The van der Waals surface area contributed by atoms with Crippen molar-refractivity contribution in [3.8, 4) is 22.5 Å². The average molecular weight is 298 g/mol. The lowest BCUT2D eigenvalue weighted by molar-refractivity contribution is 0.534. The Morgan fingerprint density at radius 2 is 1.09 bits per heavy atom. The van der Waals surface area contributed by atoms with Crippen LogP contribution in [0.4, 0.5) is 0 Å². The maximum atomic E-state index is 12.7. The summed E-state index contributed by atoms with van der Waals surface area (Å²) in [4.78, 5) is 12.7. The van der Waals surface area contributed by atoms with Gasteiger partial charge in [0.25, 0.3) is 0 Å². The lowest BCUT2D eigenvalue weighted by Gasteiger charge is -2.09. The largest absolute Gasteiger partial charge is 0.422 e. The first-order valence-electron chi connectivity index (χ1n) is 7.51. The maximum absolute atomic E-state index is 12.7. The smallest absolute Gasteiger partial charge is 0.344 e. The van der Waals surface area contributed by atoms with Gasteiger partial charge in [-0.2, -0.15) is 0 Å². The van der Waals surface area contributed by atoms with E-state index in [1.54, 1.807) is 0 Å². The highest BCUT2D eigenvalue weighted by Gasteiger charge is 2.15. The molecule has 23 heavy (non-hydrogen) atoms. The second-order valence-corrected chi connectivity index (χ2v) is 5.37. The van der Waals surface area contributed by atoms with Gasteiger partial charge in [-0.1, -0.05) is 84.9 Å². The van der Waals surface area contributed by atoms with E-state index >= 15 is 0 Å². The summed E-state index contributed by atoms with van der Waals surface area (Å²) in [6.45, 7) is 0. The number of hydrogen-bond acceptors (Lipinski definition) is 2. The molecule has 4 aromatic rings. The van der Waals surface area contributed by atoms with Crippen LogP contribution in [0.3, 0.4) is 0 Å². The first-order chi connectivity index (χ1) is 11.3.